The van der Waals surface area contributed by atoms with Gasteiger partial charge in [-0.2, -0.15) is 0 Å². The van der Waals surface area contributed by atoms with E-state index in [2.05, 4.69) is 5.32 Å². The van der Waals surface area contributed by atoms with Crippen LogP contribution in [0.1, 0.15) is 56.3 Å². The van der Waals surface area contributed by atoms with Gasteiger partial charge in [-0.15, -0.1) is 0 Å². The molecule has 0 unspecified atom stereocenters. The Labute approximate surface area is 201 Å². The van der Waals surface area contributed by atoms with Crippen LogP contribution in [0.2, 0.25) is 0 Å². The van der Waals surface area contributed by atoms with E-state index in [4.69, 9.17) is 9.47 Å². The predicted octanol–water partition coefficient (Wildman–Crippen LogP) is 4.27. The summed E-state index contributed by atoms with van der Waals surface area (Å²) in [7, 11) is 1.58. The second kappa shape index (κ2) is 12.0. The summed E-state index contributed by atoms with van der Waals surface area (Å²) in [5.74, 6) is 0.274. The molecule has 0 aromatic heterocycles. The number of carbonyl (C=O) groups is 2. The number of carbonyl (C=O) groups excluding carboxylic acids is 2. The molecule has 6 nitrogen and oxygen atoms in total. The molecule has 0 aliphatic carbocycles. The smallest absolute Gasteiger partial charge is 0.261 e. The molecular weight excluding hydrogens is 435 g/mol. The Morgan fingerprint density at radius 1 is 1.21 bits per heavy atom. The average Bonchev–Trinajstić information content (AvgIpc) is 2.81. The molecule has 34 heavy (non-hydrogen) atoms. The van der Waals surface area contributed by atoms with Crippen LogP contribution in [0.25, 0.3) is 0 Å². The highest BCUT2D eigenvalue weighted by Crippen LogP contribution is 2.38. The number of fused-ring (bicyclic) bond motifs is 1. The Balaban J connectivity index is 1.93. The van der Waals surface area contributed by atoms with Crippen molar-refractivity contribution in [2.75, 3.05) is 26.8 Å². The lowest BCUT2D eigenvalue weighted by Crippen LogP contribution is -2.41. The Morgan fingerprint density at radius 3 is 2.68 bits per heavy atom. The van der Waals surface area contributed by atoms with Crippen molar-refractivity contribution in [3.8, 4) is 5.75 Å². The van der Waals surface area contributed by atoms with Crippen LogP contribution in [0.3, 0.4) is 0 Å². The van der Waals surface area contributed by atoms with Crippen molar-refractivity contribution in [3.63, 3.8) is 0 Å². The van der Waals surface area contributed by atoms with Crippen LogP contribution in [-0.4, -0.2) is 49.6 Å². The monoisotopic (exact) mass is 470 g/mol. The Morgan fingerprint density at radius 2 is 2.00 bits per heavy atom. The molecule has 0 saturated carbocycles. The van der Waals surface area contributed by atoms with E-state index in [1.165, 1.54) is 12.1 Å². The maximum absolute atomic E-state index is 14.2. The molecule has 0 radical (unpaired) electrons. The molecule has 7 heteroatoms. The zero-order valence-electron chi connectivity index (χ0n) is 20.5. The van der Waals surface area contributed by atoms with Gasteiger partial charge in [0.1, 0.15) is 11.6 Å². The summed E-state index contributed by atoms with van der Waals surface area (Å²) >= 11 is 0. The van der Waals surface area contributed by atoms with Gasteiger partial charge in [-0.3, -0.25) is 9.59 Å². The van der Waals surface area contributed by atoms with Gasteiger partial charge < -0.3 is 19.7 Å². The predicted molar refractivity (Wildman–Crippen MR) is 129 cm³/mol. The van der Waals surface area contributed by atoms with Gasteiger partial charge in [-0.05, 0) is 59.7 Å². The lowest BCUT2D eigenvalue weighted by molar-refractivity contribution is -0.134. The minimum Gasteiger partial charge on any atom is -0.481 e. The molecule has 0 spiro atoms. The summed E-state index contributed by atoms with van der Waals surface area (Å²) in [6.45, 7) is 7.33. The van der Waals surface area contributed by atoms with Crippen LogP contribution in [-0.2, 0) is 20.7 Å². The lowest BCUT2D eigenvalue weighted by atomic mass is 9.87. The van der Waals surface area contributed by atoms with Crippen molar-refractivity contribution in [3.05, 3.63) is 65.0 Å². The first-order valence-electron chi connectivity index (χ1n) is 11.9. The number of nitrogens with one attached hydrogen (secondary N) is 1. The van der Waals surface area contributed by atoms with Crippen molar-refractivity contribution >= 4 is 11.8 Å². The van der Waals surface area contributed by atoms with E-state index in [1.807, 2.05) is 49.9 Å². The summed E-state index contributed by atoms with van der Waals surface area (Å²) in [6, 6.07) is 11.7. The van der Waals surface area contributed by atoms with E-state index in [-0.39, 0.29) is 23.5 Å². The lowest BCUT2D eigenvalue weighted by Gasteiger charge is -2.38. The number of nitrogens with zero attached hydrogens (tertiary/aromatic N) is 1. The molecule has 0 fully saturated rings. The molecule has 2 atom stereocenters. The maximum Gasteiger partial charge on any atom is 0.261 e. The van der Waals surface area contributed by atoms with Crippen molar-refractivity contribution in [2.24, 2.45) is 5.92 Å². The number of methoxy groups -OCH3 is 1. The number of amides is 2. The van der Waals surface area contributed by atoms with Gasteiger partial charge >= 0.3 is 0 Å². The summed E-state index contributed by atoms with van der Waals surface area (Å²) in [5.41, 5.74) is 2.72. The van der Waals surface area contributed by atoms with Crippen LogP contribution in [0, 0.1) is 11.7 Å². The topological polar surface area (TPSA) is 67.9 Å². The first-order valence-corrected chi connectivity index (χ1v) is 11.9. The normalized spacial score (nSPS) is 16.2. The molecule has 1 aliphatic rings. The van der Waals surface area contributed by atoms with Crippen molar-refractivity contribution in [1.29, 1.82) is 0 Å². The van der Waals surface area contributed by atoms with E-state index in [0.29, 0.717) is 44.7 Å². The maximum atomic E-state index is 14.2. The number of benzene rings is 2. The fourth-order valence-electron chi connectivity index (χ4n) is 4.31. The molecule has 0 saturated heterocycles. The number of hydrogen-bond donors (Lipinski definition) is 1. The molecule has 2 aromatic rings. The van der Waals surface area contributed by atoms with E-state index >= 15 is 0 Å². The molecule has 3 rings (SSSR count). The van der Waals surface area contributed by atoms with Crippen LogP contribution in [0.5, 0.6) is 5.75 Å². The summed E-state index contributed by atoms with van der Waals surface area (Å²) in [5, 5.41) is 2.81. The number of rotatable bonds is 10. The van der Waals surface area contributed by atoms with Gasteiger partial charge in [0.2, 0.25) is 5.91 Å². The molecule has 1 heterocycles. The van der Waals surface area contributed by atoms with Gasteiger partial charge in [0.05, 0.1) is 12.6 Å². The number of ether oxygens (including phenoxy) is 2. The highest BCUT2D eigenvalue weighted by Gasteiger charge is 2.33. The Hall–Kier alpha value is -2.93. The van der Waals surface area contributed by atoms with Gasteiger partial charge in [-0.1, -0.05) is 39.0 Å². The Bertz CT molecular complexity index is 994. The van der Waals surface area contributed by atoms with E-state index in [0.717, 1.165) is 16.7 Å². The van der Waals surface area contributed by atoms with Gasteiger partial charge in [0.25, 0.3) is 5.91 Å². The summed E-state index contributed by atoms with van der Waals surface area (Å²) in [6.07, 6.45) is 0.990. The van der Waals surface area contributed by atoms with Crippen LogP contribution >= 0.6 is 0 Å². The van der Waals surface area contributed by atoms with Crippen molar-refractivity contribution < 1.29 is 23.5 Å². The third kappa shape index (κ3) is 6.35. The van der Waals surface area contributed by atoms with Gasteiger partial charge in [0.15, 0.2) is 6.10 Å². The SMILES string of the molecule is CC[C@H](Oc1ccc2c(c1)[C@H](c1cccc(F)c1)N(C(=O)CC(C)C)CC2)C(=O)NCCOC. The van der Waals surface area contributed by atoms with Gasteiger partial charge in [-0.25, -0.2) is 4.39 Å². The fraction of sp³-hybridized carbons (Fsp3) is 0.481. The zero-order valence-corrected chi connectivity index (χ0v) is 20.5. The standard InChI is InChI=1S/C27H35FN2O4/c1-5-24(27(32)29-12-14-33-4)34-22-10-9-19-11-13-30(25(31)15-18(2)3)26(23(19)17-22)20-7-6-8-21(28)16-20/h6-10,16-18,24,26H,5,11-15H2,1-4H3,(H,29,32)/t24-,26-/m0/s1. The third-order valence-corrected chi connectivity index (χ3v) is 5.96. The summed E-state index contributed by atoms with van der Waals surface area (Å²) < 4.78 is 25.2. The van der Waals surface area contributed by atoms with Crippen LogP contribution in [0.15, 0.2) is 42.5 Å². The number of hydrogen-bond acceptors (Lipinski definition) is 4. The molecule has 0 bridgehead atoms. The number of halogens is 1. The Kier molecular flexibility index (Phi) is 9.05. The highest BCUT2D eigenvalue weighted by molar-refractivity contribution is 5.81. The van der Waals surface area contributed by atoms with Gasteiger partial charge in [0, 0.05) is 26.6 Å². The molecular formula is C27H35FN2O4. The molecule has 1 N–H and O–H groups in total. The fourth-order valence-corrected chi connectivity index (χ4v) is 4.31. The van der Waals surface area contributed by atoms with E-state index in [1.54, 1.807) is 13.2 Å². The first kappa shape index (κ1) is 25.7. The third-order valence-electron chi connectivity index (χ3n) is 5.96. The van der Waals surface area contributed by atoms with Crippen molar-refractivity contribution in [2.45, 2.75) is 52.2 Å². The van der Waals surface area contributed by atoms with E-state index in [9.17, 15) is 14.0 Å². The zero-order chi connectivity index (χ0) is 24.7. The first-order chi connectivity index (χ1) is 16.3. The summed E-state index contributed by atoms with van der Waals surface area (Å²) in [4.78, 5) is 27.5. The largest absolute Gasteiger partial charge is 0.481 e. The molecule has 2 aromatic carbocycles. The average molecular weight is 471 g/mol. The van der Waals surface area contributed by atoms with Crippen LogP contribution < -0.4 is 10.1 Å². The van der Waals surface area contributed by atoms with Crippen molar-refractivity contribution in [1.82, 2.24) is 10.2 Å². The second-order valence-electron chi connectivity index (χ2n) is 9.05. The molecule has 1 aliphatic heterocycles. The van der Waals surface area contributed by atoms with E-state index < -0.39 is 12.1 Å². The second-order valence-corrected chi connectivity index (χ2v) is 9.05. The minimum absolute atomic E-state index is 0.0465. The van der Waals surface area contributed by atoms with Crippen LogP contribution in [0.4, 0.5) is 4.39 Å². The minimum atomic E-state index is -0.648. The molecule has 2 amide bonds. The highest BCUT2D eigenvalue weighted by atomic mass is 19.1. The quantitative estimate of drug-likeness (QED) is 0.527. The molecule has 184 valence electrons.